The Labute approximate surface area is 152 Å². The molecule has 2 fully saturated rings. The third kappa shape index (κ3) is 9.84. The smallest absolute Gasteiger partial charge is 0.0806 e. The van der Waals surface area contributed by atoms with Gasteiger partial charge >= 0.3 is 0 Å². The van der Waals surface area contributed by atoms with E-state index < -0.39 is 0 Å². The Hall–Kier alpha value is -0.280. The average molecular weight is 360 g/mol. The van der Waals surface area contributed by atoms with Crippen molar-refractivity contribution in [2.24, 2.45) is 0 Å². The van der Waals surface area contributed by atoms with E-state index in [0.717, 1.165) is 85.3 Å². The predicted octanol–water partition coefficient (Wildman–Crippen LogP) is 0.479. The van der Waals surface area contributed by atoms with Crippen molar-refractivity contribution in [2.75, 3.05) is 98.7 Å². The van der Waals surface area contributed by atoms with Crippen LogP contribution in [0, 0.1) is 0 Å². The molecule has 2 heterocycles. The first-order valence-electron chi connectivity index (χ1n) is 9.75. The monoisotopic (exact) mass is 360 g/mol. The number of fused-ring (bicyclic) bond motifs is 6. The van der Waals surface area contributed by atoms with Crippen LogP contribution in [0.3, 0.4) is 0 Å². The minimum Gasteiger partial charge on any atom is -0.379 e. The molecule has 3 atom stereocenters. The third-order valence-electron chi connectivity index (χ3n) is 4.65. The summed E-state index contributed by atoms with van der Waals surface area (Å²) in [6.45, 7) is 13.9. The normalized spacial score (nSPS) is 32.8. The second kappa shape index (κ2) is 13.9. The average Bonchev–Trinajstić information content (AvgIpc) is 2.64. The second-order valence-corrected chi connectivity index (χ2v) is 6.50. The molecule has 25 heavy (non-hydrogen) atoms. The molecule has 2 aliphatic heterocycles. The predicted molar refractivity (Wildman–Crippen MR) is 96.2 cm³/mol. The molecule has 2 bridgehead atoms. The van der Waals surface area contributed by atoms with Crippen molar-refractivity contribution < 1.29 is 23.7 Å². The van der Waals surface area contributed by atoms with Crippen LogP contribution in [0.1, 0.15) is 13.3 Å². The highest BCUT2D eigenvalue weighted by Gasteiger charge is 2.12. The van der Waals surface area contributed by atoms with Gasteiger partial charge in [0.15, 0.2) is 0 Å². The molecule has 2 aliphatic rings. The van der Waals surface area contributed by atoms with Gasteiger partial charge in [0.1, 0.15) is 0 Å². The fourth-order valence-electron chi connectivity index (χ4n) is 2.91. The molecular weight excluding hydrogens is 324 g/mol. The Morgan fingerprint density at radius 1 is 0.600 bits per heavy atom. The lowest BCUT2D eigenvalue weighted by molar-refractivity contribution is -0.0323. The molecule has 3 unspecified atom stereocenters. The fraction of sp³-hybridized carbons (Fsp3) is 1.00. The van der Waals surface area contributed by atoms with Crippen LogP contribution < -0.4 is 0 Å². The van der Waals surface area contributed by atoms with Crippen LogP contribution in [0.4, 0.5) is 0 Å². The van der Waals surface area contributed by atoms with Crippen LogP contribution in [-0.4, -0.2) is 115 Å². The third-order valence-corrected chi connectivity index (χ3v) is 4.65. The van der Waals surface area contributed by atoms with Crippen LogP contribution in [-0.2, 0) is 23.7 Å². The summed E-state index contributed by atoms with van der Waals surface area (Å²) < 4.78 is 29.1. The van der Waals surface area contributed by atoms with Crippen molar-refractivity contribution in [2.45, 2.75) is 19.4 Å². The Morgan fingerprint density at radius 2 is 1.04 bits per heavy atom. The van der Waals surface area contributed by atoms with Gasteiger partial charge in [-0.15, -0.1) is 0 Å². The molecule has 0 amide bonds. The van der Waals surface area contributed by atoms with Gasteiger partial charge in [0, 0.05) is 39.3 Å². The second-order valence-electron chi connectivity index (χ2n) is 6.50. The summed E-state index contributed by atoms with van der Waals surface area (Å²) in [6.07, 6.45) is 1.15. The molecule has 0 aliphatic carbocycles. The van der Waals surface area contributed by atoms with Crippen molar-refractivity contribution in [3.05, 3.63) is 0 Å². The highest BCUT2D eigenvalue weighted by molar-refractivity contribution is 4.62. The molecule has 0 saturated carbocycles. The van der Waals surface area contributed by atoms with E-state index in [1.54, 1.807) is 0 Å². The molecule has 0 aromatic heterocycles. The lowest BCUT2D eigenvalue weighted by Crippen LogP contribution is -2.35. The number of ether oxygens (including phenoxy) is 5. The van der Waals surface area contributed by atoms with E-state index in [1.165, 1.54) is 0 Å². The van der Waals surface area contributed by atoms with Crippen molar-refractivity contribution in [3.8, 4) is 0 Å². The summed E-state index contributed by atoms with van der Waals surface area (Å²) in [7, 11) is 0. The van der Waals surface area contributed by atoms with Crippen molar-refractivity contribution >= 4 is 0 Å². The Bertz CT molecular complexity index is 322. The first-order valence-corrected chi connectivity index (χ1v) is 9.75. The number of nitrogens with zero attached hydrogens (tertiary/aromatic N) is 2. The maximum atomic E-state index is 6.01. The van der Waals surface area contributed by atoms with Gasteiger partial charge in [-0.1, -0.05) is 6.92 Å². The topological polar surface area (TPSA) is 52.6 Å². The number of hydrogen-bond acceptors (Lipinski definition) is 7. The van der Waals surface area contributed by atoms with E-state index in [2.05, 4.69) is 16.7 Å². The van der Waals surface area contributed by atoms with Crippen LogP contribution in [0.25, 0.3) is 0 Å². The summed E-state index contributed by atoms with van der Waals surface area (Å²) in [6, 6.07) is 0. The Balaban J connectivity index is 1.93. The molecule has 0 radical (unpaired) electrons. The quantitative estimate of drug-likeness (QED) is 0.631. The van der Waals surface area contributed by atoms with Gasteiger partial charge < -0.3 is 23.7 Å². The highest BCUT2D eigenvalue weighted by Crippen LogP contribution is 2.02. The number of rotatable bonds is 1. The SMILES string of the molecule is CCC1COCCN2CCOCCOCCN(CCOCC2)CCO1. The first-order chi connectivity index (χ1) is 12.4. The zero-order chi connectivity index (χ0) is 17.6. The van der Waals surface area contributed by atoms with Gasteiger partial charge in [-0.05, 0) is 6.42 Å². The highest BCUT2D eigenvalue weighted by atomic mass is 16.5. The van der Waals surface area contributed by atoms with Crippen LogP contribution in [0.5, 0.6) is 0 Å². The molecule has 0 N–H and O–H groups in total. The Morgan fingerprint density at radius 3 is 1.56 bits per heavy atom. The van der Waals surface area contributed by atoms with Crippen molar-refractivity contribution in [1.29, 1.82) is 0 Å². The molecule has 0 spiro atoms. The van der Waals surface area contributed by atoms with Gasteiger partial charge in [0.2, 0.25) is 0 Å². The standard InChI is InChI=1S/C18H36N2O5/c1-2-18-17-24-13-7-19-3-9-21-10-4-20(8-14-25-18)6-12-23-16-15-22-11-5-19/h18H,2-17H2,1H3. The van der Waals surface area contributed by atoms with Gasteiger partial charge in [0.25, 0.3) is 0 Å². The first kappa shape index (κ1) is 21.0. The molecule has 2 rings (SSSR count). The molecule has 7 heteroatoms. The van der Waals surface area contributed by atoms with Crippen LogP contribution in [0.15, 0.2) is 0 Å². The van der Waals surface area contributed by atoms with E-state index in [-0.39, 0.29) is 6.10 Å². The fourth-order valence-corrected chi connectivity index (χ4v) is 2.91. The lowest BCUT2D eigenvalue weighted by atomic mass is 10.3. The summed E-state index contributed by atoms with van der Waals surface area (Å²) >= 11 is 0. The molecule has 0 aromatic carbocycles. The molecular formula is C18H36N2O5. The van der Waals surface area contributed by atoms with Gasteiger partial charge in [-0.2, -0.15) is 0 Å². The summed E-state index contributed by atoms with van der Waals surface area (Å²) in [4.78, 5) is 4.70. The lowest BCUT2D eigenvalue weighted by Gasteiger charge is -2.24. The molecule has 148 valence electrons. The van der Waals surface area contributed by atoms with Gasteiger partial charge in [0.05, 0.1) is 65.6 Å². The zero-order valence-corrected chi connectivity index (χ0v) is 15.8. The van der Waals surface area contributed by atoms with Crippen LogP contribution >= 0.6 is 0 Å². The Kier molecular flexibility index (Phi) is 11.7. The number of hydrogen-bond donors (Lipinski definition) is 0. The molecule has 2 saturated heterocycles. The maximum absolute atomic E-state index is 6.01. The maximum Gasteiger partial charge on any atom is 0.0806 e. The van der Waals surface area contributed by atoms with E-state index in [1.807, 2.05) is 0 Å². The van der Waals surface area contributed by atoms with E-state index in [9.17, 15) is 0 Å². The van der Waals surface area contributed by atoms with Crippen LogP contribution in [0.2, 0.25) is 0 Å². The van der Waals surface area contributed by atoms with E-state index >= 15 is 0 Å². The largest absolute Gasteiger partial charge is 0.379 e. The van der Waals surface area contributed by atoms with Gasteiger partial charge in [-0.3, -0.25) is 9.80 Å². The summed E-state index contributed by atoms with van der Waals surface area (Å²) in [5, 5.41) is 0. The zero-order valence-electron chi connectivity index (χ0n) is 15.8. The molecule has 0 aromatic rings. The summed E-state index contributed by atoms with van der Waals surface area (Å²) in [5.74, 6) is 0. The summed E-state index contributed by atoms with van der Waals surface area (Å²) in [5.41, 5.74) is 0. The van der Waals surface area contributed by atoms with Crippen molar-refractivity contribution in [1.82, 2.24) is 9.80 Å². The van der Waals surface area contributed by atoms with E-state index in [4.69, 9.17) is 23.7 Å². The minimum atomic E-state index is 0.176. The van der Waals surface area contributed by atoms with Crippen molar-refractivity contribution in [3.63, 3.8) is 0 Å². The van der Waals surface area contributed by atoms with E-state index in [0.29, 0.717) is 19.8 Å². The minimum absolute atomic E-state index is 0.176. The molecule has 7 nitrogen and oxygen atoms in total. The van der Waals surface area contributed by atoms with Gasteiger partial charge in [-0.25, -0.2) is 0 Å².